The summed E-state index contributed by atoms with van der Waals surface area (Å²) in [5.41, 5.74) is 0. The second-order valence-corrected chi connectivity index (χ2v) is 6.02. The van der Waals surface area contributed by atoms with Gasteiger partial charge < -0.3 is 10.2 Å². The molecule has 1 rings (SSSR count). The number of amides is 2. The predicted molar refractivity (Wildman–Crippen MR) is 62.8 cm³/mol. The fraction of sp³-hybridized carbons (Fsp3) is 0.700. The molecule has 1 heterocycles. The highest BCUT2D eigenvalue weighted by Crippen LogP contribution is 2.17. The normalized spacial score (nSPS) is 23.5. The van der Waals surface area contributed by atoms with Gasteiger partial charge in [0.15, 0.2) is 9.84 Å². The van der Waals surface area contributed by atoms with Crippen molar-refractivity contribution >= 4 is 15.9 Å². The lowest BCUT2D eigenvalue weighted by atomic mass is 10.2. The quantitative estimate of drug-likeness (QED) is 0.798. The number of carbonyl (C=O) groups excluding carboxylic acids is 1. The van der Waals surface area contributed by atoms with Crippen molar-refractivity contribution in [2.75, 3.05) is 18.1 Å². The van der Waals surface area contributed by atoms with Gasteiger partial charge in [-0.2, -0.15) is 0 Å². The minimum Gasteiger partial charge on any atom is -0.321 e. The van der Waals surface area contributed by atoms with Gasteiger partial charge in [0.1, 0.15) is 0 Å². The van der Waals surface area contributed by atoms with Gasteiger partial charge in [-0.1, -0.05) is 6.08 Å². The lowest BCUT2D eigenvalue weighted by Gasteiger charge is -2.26. The van der Waals surface area contributed by atoms with Crippen LogP contribution in [0.3, 0.4) is 0 Å². The van der Waals surface area contributed by atoms with Gasteiger partial charge in [-0.05, 0) is 20.3 Å². The summed E-state index contributed by atoms with van der Waals surface area (Å²) in [6.45, 7) is 4.17. The fourth-order valence-electron chi connectivity index (χ4n) is 1.83. The van der Waals surface area contributed by atoms with Crippen molar-refractivity contribution in [3.8, 4) is 0 Å². The molecule has 0 spiro atoms. The summed E-state index contributed by atoms with van der Waals surface area (Å²) in [6, 6.07) is -0.414. The molecule has 1 aliphatic rings. The van der Waals surface area contributed by atoms with Crippen LogP contribution in [0.4, 0.5) is 4.79 Å². The van der Waals surface area contributed by atoms with E-state index in [-0.39, 0.29) is 23.6 Å². The first kappa shape index (κ1) is 13.0. The molecule has 1 unspecified atom stereocenters. The molecule has 0 bridgehead atoms. The van der Waals surface area contributed by atoms with Crippen LogP contribution in [0.1, 0.15) is 20.3 Å². The highest BCUT2D eigenvalue weighted by molar-refractivity contribution is 7.91. The Morgan fingerprint density at radius 3 is 2.69 bits per heavy atom. The van der Waals surface area contributed by atoms with Gasteiger partial charge in [-0.3, -0.25) is 0 Å². The number of carbonyl (C=O) groups is 1. The molecule has 2 amide bonds. The maximum atomic E-state index is 11.7. The molecule has 1 aliphatic heterocycles. The maximum Gasteiger partial charge on any atom is 0.321 e. The van der Waals surface area contributed by atoms with Crippen molar-refractivity contribution in [1.82, 2.24) is 10.2 Å². The van der Waals surface area contributed by atoms with Crippen LogP contribution in [0.15, 0.2) is 12.3 Å². The molecule has 1 atom stereocenters. The second-order valence-electron chi connectivity index (χ2n) is 3.79. The number of sulfone groups is 1. The van der Waals surface area contributed by atoms with E-state index in [1.165, 1.54) is 0 Å². The van der Waals surface area contributed by atoms with E-state index in [0.29, 0.717) is 13.0 Å². The zero-order valence-electron chi connectivity index (χ0n) is 9.64. The number of nitrogens with one attached hydrogen (secondary N) is 1. The number of allylic oxidation sites excluding steroid dienone is 1. The van der Waals surface area contributed by atoms with E-state index in [0.717, 1.165) is 0 Å². The first-order valence-electron chi connectivity index (χ1n) is 5.39. The van der Waals surface area contributed by atoms with Gasteiger partial charge in [-0.15, -0.1) is 0 Å². The number of hydrogen-bond acceptors (Lipinski definition) is 3. The van der Waals surface area contributed by atoms with E-state index < -0.39 is 9.84 Å². The Hall–Kier alpha value is -1.04. The third-order valence-electron chi connectivity index (χ3n) is 2.62. The Kier molecular flexibility index (Phi) is 4.35. The molecule has 0 saturated carbocycles. The number of nitrogens with zero attached hydrogens (tertiary/aromatic N) is 1. The Balaban J connectivity index is 2.65. The first-order chi connectivity index (χ1) is 7.50. The van der Waals surface area contributed by atoms with Crippen LogP contribution < -0.4 is 5.32 Å². The molecule has 0 aliphatic carbocycles. The minimum absolute atomic E-state index is 0.0874. The van der Waals surface area contributed by atoms with Crippen molar-refractivity contribution in [1.29, 1.82) is 0 Å². The minimum atomic E-state index is -2.94. The summed E-state index contributed by atoms with van der Waals surface area (Å²) in [4.78, 5) is 13.3. The first-order valence-corrected chi connectivity index (χ1v) is 7.21. The molecule has 92 valence electrons. The average molecular weight is 246 g/mol. The molecule has 1 fully saturated rings. The molecule has 16 heavy (non-hydrogen) atoms. The van der Waals surface area contributed by atoms with Crippen molar-refractivity contribution in [3.05, 3.63) is 12.3 Å². The third-order valence-corrected chi connectivity index (χ3v) is 4.37. The van der Waals surface area contributed by atoms with Crippen LogP contribution in [0.5, 0.6) is 0 Å². The van der Waals surface area contributed by atoms with Crippen molar-refractivity contribution < 1.29 is 13.2 Å². The molecule has 0 aromatic heterocycles. The van der Waals surface area contributed by atoms with Gasteiger partial charge in [-0.25, -0.2) is 13.2 Å². The largest absolute Gasteiger partial charge is 0.321 e. The summed E-state index contributed by atoms with van der Waals surface area (Å²) in [5, 5.41) is 2.60. The SMILES string of the molecule is C/C=C/NC(=O)N(CC)C1CCS(=O)(=O)C1. The van der Waals surface area contributed by atoms with Crippen LogP contribution >= 0.6 is 0 Å². The molecule has 6 heteroatoms. The van der Waals surface area contributed by atoms with E-state index in [2.05, 4.69) is 5.32 Å². The van der Waals surface area contributed by atoms with Crippen LogP contribution in [0, 0.1) is 0 Å². The lowest BCUT2D eigenvalue weighted by molar-refractivity contribution is 0.187. The van der Waals surface area contributed by atoms with E-state index in [9.17, 15) is 13.2 Å². The van der Waals surface area contributed by atoms with Gasteiger partial charge >= 0.3 is 6.03 Å². The average Bonchev–Trinajstić information content (AvgIpc) is 2.57. The molecule has 1 saturated heterocycles. The van der Waals surface area contributed by atoms with Gasteiger partial charge in [0.2, 0.25) is 0 Å². The van der Waals surface area contributed by atoms with Gasteiger partial charge in [0.05, 0.1) is 11.5 Å². The van der Waals surface area contributed by atoms with E-state index >= 15 is 0 Å². The zero-order chi connectivity index (χ0) is 12.2. The van der Waals surface area contributed by atoms with Crippen LogP contribution in [-0.4, -0.2) is 43.4 Å². The van der Waals surface area contributed by atoms with E-state index in [4.69, 9.17) is 0 Å². The Labute approximate surface area is 96.4 Å². The lowest BCUT2D eigenvalue weighted by Crippen LogP contribution is -2.45. The topological polar surface area (TPSA) is 66.5 Å². The van der Waals surface area contributed by atoms with E-state index in [1.807, 2.05) is 6.92 Å². The fourth-order valence-corrected chi connectivity index (χ4v) is 3.56. The summed E-state index contributed by atoms with van der Waals surface area (Å²) in [5.74, 6) is 0.273. The number of rotatable bonds is 3. The summed E-state index contributed by atoms with van der Waals surface area (Å²) >= 11 is 0. The van der Waals surface area contributed by atoms with Crippen molar-refractivity contribution in [2.24, 2.45) is 0 Å². The number of urea groups is 1. The van der Waals surface area contributed by atoms with Crippen LogP contribution in [-0.2, 0) is 9.84 Å². The predicted octanol–water partition coefficient (Wildman–Crippen LogP) is 0.739. The summed E-state index contributed by atoms with van der Waals surface area (Å²) in [6.07, 6.45) is 3.81. The summed E-state index contributed by atoms with van der Waals surface area (Å²) in [7, 11) is -2.94. The monoisotopic (exact) mass is 246 g/mol. The number of hydrogen-bond donors (Lipinski definition) is 1. The summed E-state index contributed by atoms with van der Waals surface area (Å²) < 4.78 is 22.7. The van der Waals surface area contributed by atoms with Gasteiger partial charge in [0, 0.05) is 18.8 Å². The Morgan fingerprint density at radius 2 is 2.25 bits per heavy atom. The molecule has 0 aromatic carbocycles. The van der Waals surface area contributed by atoms with Crippen molar-refractivity contribution in [2.45, 2.75) is 26.3 Å². The molecule has 1 N–H and O–H groups in total. The maximum absolute atomic E-state index is 11.7. The third kappa shape index (κ3) is 3.23. The van der Waals surface area contributed by atoms with Crippen molar-refractivity contribution in [3.63, 3.8) is 0 Å². The molecule has 0 radical (unpaired) electrons. The second kappa shape index (κ2) is 5.34. The Bertz CT molecular complexity index is 376. The van der Waals surface area contributed by atoms with Crippen LogP contribution in [0.25, 0.3) is 0 Å². The molecule has 5 nitrogen and oxygen atoms in total. The zero-order valence-corrected chi connectivity index (χ0v) is 10.5. The smallest absolute Gasteiger partial charge is 0.321 e. The highest BCUT2D eigenvalue weighted by Gasteiger charge is 2.33. The van der Waals surface area contributed by atoms with Crippen LogP contribution in [0.2, 0.25) is 0 Å². The van der Waals surface area contributed by atoms with E-state index in [1.54, 1.807) is 24.1 Å². The highest BCUT2D eigenvalue weighted by atomic mass is 32.2. The standard InChI is InChI=1S/C10H18N2O3S/c1-3-6-11-10(13)12(4-2)9-5-7-16(14,15)8-9/h3,6,9H,4-5,7-8H2,1-2H3,(H,11,13)/b6-3+. The molecule has 0 aromatic rings. The molecular formula is C10H18N2O3S. The van der Waals surface area contributed by atoms with Gasteiger partial charge in [0.25, 0.3) is 0 Å². The Morgan fingerprint density at radius 1 is 1.56 bits per heavy atom. The molecular weight excluding hydrogens is 228 g/mol.